The average molecular weight is 319 g/mol. The van der Waals surface area contributed by atoms with E-state index in [9.17, 15) is 9.59 Å². The minimum Gasteiger partial charge on any atom is -0.326 e. The third-order valence-corrected chi connectivity index (χ3v) is 4.53. The molecule has 2 aromatic rings. The number of allylic oxidation sites excluding steroid dienone is 1. The normalized spacial score (nSPS) is 20.4. The fourth-order valence-corrected chi connectivity index (χ4v) is 3.31. The summed E-state index contributed by atoms with van der Waals surface area (Å²) in [6.45, 7) is 3.88. The third kappa shape index (κ3) is 3.46. The highest BCUT2D eigenvalue weighted by Gasteiger charge is 2.35. The summed E-state index contributed by atoms with van der Waals surface area (Å²) in [5, 5.41) is 2.99. The predicted octanol–water partition coefficient (Wildman–Crippen LogP) is 4.25. The van der Waals surface area contributed by atoms with Crippen LogP contribution in [-0.4, -0.2) is 11.7 Å². The van der Waals surface area contributed by atoms with Crippen LogP contribution in [0.25, 0.3) is 0 Å². The summed E-state index contributed by atoms with van der Waals surface area (Å²) >= 11 is 0. The summed E-state index contributed by atoms with van der Waals surface area (Å²) in [6, 6.07) is 17.6. The van der Waals surface area contributed by atoms with Crippen molar-refractivity contribution in [2.45, 2.75) is 26.2 Å². The lowest BCUT2D eigenvalue weighted by Gasteiger charge is -2.30. The Kier molecular flexibility index (Phi) is 4.61. The second kappa shape index (κ2) is 6.83. The van der Waals surface area contributed by atoms with Crippen LogP contribution in [-0.2, 0) is 9.59 Å². The third-order valence-electron chi connectivity index (χ3n) is 4.53. The Morgan fingerprint density at radius 1 is 1.00 bits per heavy atom. The molecule has 1 N–H and O–H groups in total. The van der Waals surface area contributed by atoms with Gasteiger partial charge in [-0.15, -0.1) is 0 Å². The van der Waals surface area contributed by atoms with Gasteiger partial charge < -0.3 is 5.32 Å². The van der Waals surface area contributed by atoms with Gasteiger partial charge in [-0.25, -0.2) is 0 Å². The minimum atomic E-state index is -0.327. The molecule has 1 aliphatic carbocycles. The maximum atomic E-state index is 12.9. The number of benzene rings is 2. The zero-order valence-corrected chi connectivity index (χ0v) is 14.0. The van der Waals surface area contributed by atoms with Crippen LogP contribution in [0.4, 0.5) is 5.69 Å². The molecule has 0 spiro atoms. The van der Waals surface area contributed by atoms with E-state index in [-0.39, 0.29) is 23.5 Å². The van der Waals surface area contributed by atoms with Crippen molar-refractivity contribution in [3.8, 4) is 0 Å². The maximum absolute atomic E-state index is 12.9. The molecule has 122 valence electrons. The maximum Gasteiger partial charge on any atom is 0.232 e. The first kappa shape index (κ1) is 16.2. The van der Waals surface area contributed by atoms with Gasteiger partial charge in [0, 0.05) is 18.0 Å². The first-order valence-electron chi connectivity index (χ1n) is 8.18. The van der Waals surface area contributed by atoms with Crippen molar-refractivity contribution in [1.82, 2.24) is 0 Å². The van der Waals surface area contributed by atoms with Crippen LogP contribution in [0.1, 0.15) is 30.4 Å². The fraction of sp³-hybridized carbons (Fsp3) is 0.238. The number of carbonyl (C=O) groups excluding carboxylic acids is 2. The monoisotopic (exact) mass is 319 g/mol. The zero-order valence-electron chi connectivity index (χ0n) is 14.0. The van der Waals surface area contributed by atoms with Crippen LogP contribution >= 0.6 is 0 Å². The Morgan fingerprint density at radius 3 is 2.33 bits per heavy atom. The van der Waals surface area contributed by atoms with Gasteiger partial charge in [0.15, 0.2) is 5.78 Å². The van der Waals surface area contributed by atoms with Gasteiger partial charge in [-0.2, -0.15) is 0 Å². The average Bonchev–Trinajstić information content (AvgIpc) is 2.57. The van der Waals surface area contributed by atoms with E-state index in [1.807, 2.05) is 68.4 Å². The van der Waals surface area contributed by atoms with Gasteiger partial charge in [0.05, 0.1) is 5.92 Å². The van der Waals surface area contributed by atoms with Gasteiger partial charge in [0.1, 0.15) is 0 Å². The van der Waals surface area contributed by atoms with E-state index >= 15 is 0 Å². The van der Waals surface area contributed by atoms with Gasteiger partial charge in [0.2, 0.25) is 5.91 Å². The molecule has 2 atom stereocenters. The van der Waals surface area contributed by atoms with Crippen LogP contribution in [0.5, 0.6) is 0 Å². The van der Waals surface area contributed by atoms with E-state index in [4.69, 9.17) is 0 Å². The van der Waals surface area contributed by atoms with Crippen molar-refractivity contribution in [2.24, 2.45) is 5.92 Å². The molecule has 3 heteroatoms. The number of nitrogens with one attached hydrogen (secondary N) is 1. The highest BCUT2D eigenvalue weighted by Crippen LogP contribution is 2.37. The van der Waals surface area contributed by atoms with Crippen molar-refractivity contribution >= 4 is 17.4 Å². The Balaban J connectivity index is 1.89. The van der Waals surface area contributed by atoms with E-state index in [1.54, 1.807) is 6.08 Å². The summed E-state index contributed by atoms with van der Waals surface area (Å²) in [5.41, 5.74) is 3.78. The van der Waals surface area contributed by atoms with Crippen molar-refractivity contribution in [1.29, 1.82) is 0 Å². The fourth-order valence-electron chi connectivity index (χ4n) is 3.31. The molecule has 2 unspecified atom stereocenters. The van der Waals surface area contributed by atoms with Gasteiger partial charge in [-0.05, 0) is 37.6 Å². The first-order valence-corrected chi connectivity index (χ1v) is 8.18. The Hall–Kier alpha value is -2.68. The molecule has 0 radical (unpaired) electrons. The molecule has 3 nitrogen and oxygen atoms in total. The van der Waals surface area contributed by atoms with E-state index in [0.29, 0.717) is 6.42 Å². The quantitative estimate of drug-likeness (QED) is 0.919. The minimum absolute atomic E-state index is 0.0612. The number of carbonyl (C=O) groups is 2. The molecule has 3 rings (SSSR count). The summed E-state index contributed by atoms with van der Waals surface area (Å²) in [4.78, 5) is 24.9. The van der Waals surface area contributed by atoms with Crippen LogP contribution in [0.3, 0.4) is 0 Å². The number of hydrogen-bond donors (Lipinski definition) is 1. The van der Waals surface area contributed by atoms with E-state index in [0.717, 1.165) is 22.4 Å². The number of aryl methyl sites for hydroxylation is 1. The van der Waals surface area contributed by atoms with Crippen LogP contribution in [0.15, 0.2) is 66.2 Å². The molecule has 0 heterocycles. The Bertz CT molecular complexity index is 775. The summed E-state index contributed by atoms with van der Waals surface area (Å²) < 4.78 is 0. The Labute approximate surface area is 142 Å². The largest absolute Gasteiger partial charge is 0.326 e. The van der Waals surface area contributed by atoms with Crippen molar-refractivity contribution < 1.29 is 9.59 Å². The molecule has 0 saturated carbocycles. The van der Waals surface area contributed by atoms with Crippen LogP contribution in [0.2, 0.25) is 0 Å². The predicted molar refractivity (Wildman–Crippen MR) is 95.9 cm³/mol. The highest BCUT2D eigenvalue weighted by atomic mass is 16.2. The second-order valence-electron chi connectivity index (χ2n) is 6.41. The SMILES string of the molecule is CC1=CC(=O)CC(c2ccccc2)C1C(=O)Nc1ccc(C)cc1. The molecule has 0 fully saturated rings. The van der Waals surface area contributed by atoms with Crippen molar-refractivity contribution in [3.05, 3.63) is 77.4 Å². The second-order valence-corrected chi connectivity index (χ2v) is 6.41. The lowest BCUT2D eigenvalue weighted by Crippen LogP contribution is -2.33. The molecule has 0 aromatic heterocycles. The number of rotatable bonds is 3. The summed E-state index contributed by atoms with van der Waals surface area (Å²) in [7, 11) is 0. The summed E-state index contributed by atoms with van der Waals surface area (Å²) in [5.74, 6) is -0.421. The standard InChI is InChI=1S/C21H21NO2/c1-14-8-10-17(11-9-14)22-21(24)20-15(2)12-18(23)13-19(20)16-6-4-3-5-7-16/h3-12,19-20H,13H2,1-2H3,(H,22,24). The highest BCUT2D eigenvalue weighted by molar-refractivity contribution is 6.00. The van der Waals surface area contributed by atoms with Gasteiger partial charge >= 0.3 is 0 Å². The molecule has 2 aromatic carbocycles. The van der Waals surface area contributed by atoms with Gasteiger partial charge in [-0.1, -0.05) is 53.6 Å². The molecular formula is C21H21NO2. The summed E-state index contributed by atoms with van der Waals surface area (Å²) in [6.07, 6.45) is 1.98. The van der Waals surface area contributed by atoms with Crippen LogP contribution in [0, 0.1) is 12.8 Å². The van der Waals surface area contributed by atoms with Crippen molar-refractivity contribution in [2.75, 3.05) is 5.32 Å². The first-order chi connectivity index (χ1) is 11.5. The Morgan fingerprint density at radius 2 is 1.67 bits per heavy atom. The van der Waals surface area contributed by atoms with E-state index in [1.165, 1.54) is 0 Å². The molecular weight excluding hydrogens is 298 g/mol. The molecule has 1 aliphatic rings. The van der Waals surface area contributed by atoms with Gasteiger partial charge in [0.25, 0.3) is 0 Å². The number of hydrogen-bond acceptors (Lipinski definition) is 2. The van der Waals surface area contributed by atoms with Gasteiger partial charge in [-0.3, -0.25) is 9.59 Å². The number of ketones is 1. The molecule has 24 heavy (non-hydrogen) atoms. The molecule has 0 aliphatic heterocycles. The molecule has 0 saturated heterocycles. The zero-order chi connectivity index (χ0) is 17.1. The lowest BCUT2D eigenvalue weighted by atomic mass is 9.74. The number of amides is 1. The molecule has 0 bridgehead atoms. The van der Waals surface area contributed by atoms with Crippen LogP contribution < -0.4 is 5.32 Å². The molecule has 1 amide bonds. The van der Waals surface area contributed by atoms with Crippen molar-refractivity contribution in [3.63, 3.8) is 0 Å². The lowest BCUT2D eigenvalue weighted by molar-refractivity contribution is -0.121. The topological polar surface area (TPSA) is 46.2 Å². The smallest absolute Gasteiger partial charge is 0.232 e. The number of anilines is 1. The van der Waals surface area contributed by atoms with E-state index < -0.39 is 0 Å². The van der Waals surface area contributed by atoms with E-state index in [2.05, 4.69) is 5.32 Å².